The van der Waals surface area contributed by atoms with Crippen LogP contribution >= 0.6 is 0 Å². The Kier molecular flexibility index (Phi) is 4.73. The Balaban J connectivity index is 1.84. The third-order valence-electron chi connectivity index (χ3n) is 3.22. The van der Waals surface area contributed by atoms with Gasteiger partial charge in [0.1, 0.15) is 0 Å². The van der Waals surface area contributed by atoms with Crippen LogP contribution in [-0.4, -0.2) is 43.2 Å². The maximum Gasteiger partial charge on any atom is 0.253 e. The summed E-state index contributed by atoms with van der Waals surface area (Å²) in [6, 6.07) is 9.43. The predicted molar refractivity (Wildman–Crippen MR) is 70.4 cm³/mol. The summed E-state index contributed by atoms with van der Waals surface area (Å²) in [5.74, 6) is 0.118. The lowest BCUT2D eigenvalue weighted by Gasteiger charge is -2.32. The van der Waals surface area contributed by atoms with Crippen LogP contribution in [0.4, 0.5) is 0 Å². The molecule has 0 unspecified atom stereocenters. The highest BCUT2D eigenvalue weighted by Gasteiger charge is 2.23. The van der Waals surface area contributed by atoms with E-state index in [1.54, 1.807) is 0 Å². The Hall–Kier alpha value is -1.39. The average Bonchev–Trinajstić information content (AvgIpc) is 2.46. The molecule has 98 valence electrons. The molecule has 1 amide bonds. The third-order valence-corrected chi connectivity index (χ3v) is 3.22. The van der Waals surface area contributed by atoms with Crippen LogP contribution in [0.5, 0.6) is 0 Å². The van der Waals surface area contributed by atoms with Crippen LogP contribution in [0.25, 0.3) is 0 Å². The first-order valence-corrected chi connectivity index (χ1v) is 6.47. The highest BCUT2D eigenvalue weighted by atomic mass is 16.5. The SMILES string of the molecule is NCCOC1CCN(C(=O)c2ccccc2)CC1. The van der Waals surface area contributed by atoms with E-state index in [9.17, 15) is 4.79 Å². The summed E-state index contributed by atoms with van der Waals surface area (Å²) >= 11 is 0. The largest absolute Gasteiger partial charge is 0.377 e. The van der Waals surface area contributed by atoms with Crippen molar-refractivity contribution in [3.8, 4) is 0 Å². The molecular formula is C14H20N2O2. The fourth-order valence-electron chi connectivity index (χ4n) is 2.22. The number of nitrogens with zero attached hydrogens (tertiary/aromatic N) is 1. The molecule has 1 heterocycles. The second-order valence-electron chi connectivity index (χ2n) is 4.52. The zero-order valence-electron chi connectivity index (χ0n) is 10.5. The summed E-state index contributed by atoms with van der Waals surface area (Å²) < 4.78 is 5.60. The molecule has 0 saturated carbocycles. The summed E-state index contributed by atoms with van der Waals surface area (Å²) in [6.07, 6.45) is 2.06. The van der Waals surface area contributed by atoms with Crippen LogP contribution in [0, 0.1) is 0 Å². The van der Waals surface area contributed by atoms with Crippen LogP contribution in [0.2, 0.25) is 0 Å². The molecule has 0 aromatic heterocycles. The smallest absolute Gasteiger partial charge is 0.253 e. The molecule has 1 aliphatic heterocycles. The van der Waals surface area contributed by atoms with E-state index in [-0.39, 0.29) is 12.0 Å². The molecule has 4 heteroatoms. The minimum Gasteiger partial charge on any atom is -0.377 e. The van der Waals surface area contributed by atoms with Crippen LogP contribution in [0.15, 0.2) is 30.3 Å². The second kappa shape index (κ2) is 6.52. The monoisotopic (exact) mass is 248 g/mol. The van der Waals surface area contributed by atoms with Gasteiger partial charge in [-0.05, 0) is 25.0 Å². The van der Waals surface area contributed by atoms with Crippen molar-refractivity contribution < 1.29 is 9.53 Å². The van der Waals surface area contributed by atoms with Gasteiger partial charge in [0.2, 0.25) is 0 Å². The molecule has 0 atom stereocenters. The number of hydrogen-bond donors (Lipinski definition) is 1. The van der Waals surface area contributed by atoms with E-state index in [1.165, 1.54) is 0 Å². The number of ether oxygens (including phenoxy) is 1. The van der Waals surface area contributed by atoms with E-state index >= 15 is 0 Å². The first-order valence-electron chi connectivity index (χ1n) is 6.47. The number of benzene rings is 1. The van der Waals surface area contributed by atoms with Gasteiger partial charge in [-0.3, -0.25) is 4.79 Å². The number of rotatable bonds is 4. The Labute approximate surface area is 108 Å². The molecular weight excluding hydrogens is 228 g/mol. The van der Waals surface area contributed by atoms with Crippen molar-refractivity contribution in [3.05, 3.63) is 35.9 Å². The van der Waals surface area contributed by atoms with Crippen molar-refractivity contribution in [3.63, 3.8) is 0 Å². The lowest BCUT2D eigenvalue weighted by Crippen LogP contribution is -2.41. The van der Waals surface area contributed by atoms with E-state index in [2.05, 4.69) is 0 Å². The quantitative estimate of drug-likeness (QED) is 0.873. The Morgan fingerprint density at radius 2 is 1.94 bits per heavy atom. The molecule has 0 spiro atoms. The molecule has 1 fully saturated rings. The van der Waals surface area contributed by atoms with Crippen molar-refractivity contribution in [1.29, 1.82) is 0 Å². The molecule has 0 aliphatic carbocycles. The van der Waals surface area contributed by atoms with Gasteiger partial charge < -0.3 is 15.4 Å². The molecule has 1 saturated heterocycles. The van der Waals surface area contributed by atoms with Crippen molar-refractivity contribution in [2.45, 2.75) is 18.9 Å². The number of likely N-dealkylation sites (tertiary alicyclic amines) is 1. The number of piperidine rings is 1. The lowest BCUT2D eigenvalue weighted by atomic mass is 10.1. The summed E-state index contributed by atoms with van der Waals surface area (Å²) in [4.78, 5) is 14.1. The van der Waals surface area contributed by atoms with Crippen molar-refractivity contribution in [1.82, 2.24) is 4.90 Å². The molecule has 0 radical (unpaired) electrons. The number of carbonyl (C=O) groups excluding carboxylic acids is 1. The maximum absolute atomic E-state index is 12.2. The van der Waals surface area contributed by atoms with Gasteiger partial charge >= 0.3 is 0 Å². The molecule has 18 heavy (non-hydrogen) atoms. The fourth-order valence-corrected chi connectivity index (χ4v) is 2.22. The Morgan fingerprint density at radius 1 is 1.28 bits per heavy atom. The topological polar surface area (TPSA) is 55.6 Å². The second-order valence-corrected chi connectivity index (χ2v) is 4.52. The average molecular weight is 248 g/mol. The van der Waals surface area contributed by atoms with Crippen molar-refractivity contribution in [2.75, 3.05) is 26.2 Å². The lowest BCUT2D eigenvalue weighted by molar-refractivity contribution is 0.0122. The standard InChI is InChI=1S/C14H20N2O2/c15-8-11-18-13-6-9-16(10-7-13)14(17)12-4-2-1-3-5-12/h1-5,13H,6-11,15H2. The van der Waals surface area contributed by atoms with Gasteiger partial charge in [-0.15, -0.1) is 0 Å². The molecule has 4 nitrogen and oxygen atoms in total. The first-order chi connectivity index (χ1) is 8.81. The number of carbonyl (C=O) groups is 1. The molecule has 1 aromatic rings. The third kappa shape index (κ3) is 3.31. The fraction of sp³-hybridized carbons (Fsp3) is 0.500. The van der Waals surface area contributed by atoms with Gasteiger partial charge in [0.05, 0.1) is 12.7 Å². The van der Waals surface area contributed by atoms with E-state index in [4.69, 9.17) is 10.5 Å². The van der Waals surface area contributed by atoms with E-state index in [0.717, 1.165) is 31.5 Å². The zero-order chi connectivity index (χ0) is 12.8. The first kappa shape index (κ1) is 13.1. The van der Waals surface area contributed by atoms with Gasteiger partial charge in [0.25, 0.3) is 5.91 Å². The van der Waals surface area contributed by atoms with Gasteiger partial charge in [-0.2, -0.15) is 0 Å². The molecule has 1 aliphatic rings. The van der Waals surface area contributed by atoms with Gasteiger partial charge in [-0.1, -0.05) is 18.2 Å². The zero-order valence-corrected chi connectivity index (χ0v) is 10.5. The van der Waals surface area contributed by atoms with E-state index in [0.29, 0.717) is 13.2 Å². The highest BCUT2D eigenvalue weighted by Crippen LogP contribution is 2.16. The van der Waals surface area contributed by atoms with Crippen LogP contribution in [-0.2, 0) is 4.74 Å². The Bertz CT molecular complexity index is 373. The van der Waals surface area contributed by atoms with Gasteiger partial charge in [0, 0.05) is 25.2 Å². The number of amides is 1. The van der Waals surface area contributed by atoms with E-state index < -0.39 is 0 Å². The van der Waals surface area contributed by atoms with Gasteiger partial charge in [-0.25, -0.2) is 0 Å². The molecule has 2 N–H and O–H groups in total. The van der Waals surface area contributed by atoms with E-state index in [1.807, 2.05) is 35.2 Å². The van der Waals surface area contributed by atoms with Crippen molar-refractivity contribution >= 4 is 5.91 Å². The highest BCUT2D eigenvalue weighted by molar-refractivity contribution is 5.94. The summed E-state index contributed by atoms with van der Waals surface area (Å²) in [5.41, 5.74) is 6.17. The van der Waals surface area contributed by atoms with Crippen LogP contribution < -0.4 is 5.73 Å². The normalized spacial score (nSPS) is 16.8. The number of nitrogens with two attached hydrogens (primary N) is 1. The minimum absolute atomic E-state index is 0.118. The van der Waals surface area contributed by atoms with Gasteiger partial charge in [0.15, 0.2) is 0 Å². The Morgan fingerprint density at radius 3 is 2.56 bits per heavy atom. The summed E-state index contributed by atoms with van der Waals surface area (Å²) in [6.45, 7) is 2.70. The van der Waals surface area contributed by atoms with Crippen LogP contribution in [0.3, 0.4) is 0 Å². The summed E-state index contributed by atoms with van der Waals surface area (Å²) in [5, 5.41) is 0. The van der Waals surface area contributed by atoms with Crippen LogP contribution in [0.1, 0.15) is 23.2 Å². The maximum atomic E-state index is 12.2. The molecule has 0 bridgehead atoms. The minimum atomic E-state index is 0.118. The van der Waals surface area contributed by atoms with Crippen molar-refractivity contribution in [2.24, 2.45) is 5.73 Å². The molecule has 1 aromatic carbocycles. The predicted octanol–water partition coefficient (Wildman–Crippen LogP) is 1.27. The molecule has 2 rings (SSSR count). The summed E-state index contributed by atoms with van der Waals surface area (Å²) in [7, 11) is 0. The number of hydrogen-bond acceptors (Lipinski definition) is 3.